The predicted octanol–water partition coefficient (Wildman–Crippen LogP) is 1.93. The van der Waals surface area contributed by atoms with Crippen LogP contribution in [0.25, 0.3) is 0 Å². The molecule has 0 saturated heterocycles. The summed E-state index contributed by atoms with van der Waals surface area (Å²) in [6.45, 7) is 0. The van der Waals surface area contributed by atoms with Crippen molar-refractivity contribution >= 4 is 5.82 Å². The molecule has 0 saturated carbocycles. The van der Waals surface area contributed by atoms with Gasteiger partial charge in [0.05, 0.1) is 6.04 Å². The average molecular weight is 255 g/mol. The highest BCUT2D eigenvalue weighted by atomic mass is 16.5. The molecule has 1 aliphatic rings. The number of hydrogen-bond donors (Lipinski definition) is 2. The van der Waals surface area contributed by atoms with Crippen molar-refractivity contribution in [2.45, 2.75) is 18.6 Å². The number of pyridine rings is 1. The van der Waals surface area contributed by atoms with Gasteiger partial charge in [-0.2, -0.15) is 0 Å². The Morgan fingerprint density at radius 2 is 2.16 bits per heavy atom. The lowest BCUT2D eigenvalue weighted by Crippen LogP contribution is -2.33. The van der Waals surface area contributed by atoms with Gasteiger partial charge in [-0.1, -0.05) is 24.3 Å². The Morgan fingerprint density at radius 3 is 2.89 bits per heavy atom. The van der Waals surface area contributed by atoms with E-state index in [1.165, 1.54) is 5.56 Å². The Bertz CT molecular complexity index is 560. The van der Waals surface area contributed by atoms with Crippen LogP contribution in [-0.4, -0.2) is 18.1 Å². The standard InChI is InChI=1S/C15H17N3O/c1-17-14(11-6-4-8-18-15(11)16)13-9-10-5-2-3-7-12(10)19-13/h2-8,13-14,17H,9H2,1H3,(H2,16,18). The first-order chi connectivity index (χ1) is 9.29. The highest BCUT2D eigenvalue weighted by Gasteiger charge is 2.31. The number of anilines is 1. The quantitative estimate of drug-likeness (QED) is 0.879. The second kappa shape index (κ2) is 4.90. The molecule has 0 spiro atoms. The molecule has 0 bridgehead atoms. The normalized spacial score (nSPS) is 18.7. The lowest BCUT2D eigenvalue weighted by Gasteiger charge is -2.23. The first-order valence-electron chi connectivity index (χ1n) is 6.42. The molecule has 2 aromatic rings. The van der Waals surface area contributed by atoms with Crippen molar-refractivity contribution in [1.82, 2.24) is 10.3 Å². The van der Waals surface area contributed by atoms with Gasteiger partial charge in [0.25, 0.3) is 0 Å². The lowest BCUT2D eigenvalue weighted by molar-refractivity contribution is 0.184. The summed E-state index contributed by atoms with van der Waals surface area (Å²) >= 11 is 0. The predicted molar refractivity (Wildman–Crippen MR) is 75.0 cm³/mol. The third kappa shape index (κ3) is 2.15. The molecule has 4 nitrogen and oxygen atoms in total. The molecule has 2 atom stereocenters. The van der Waals surface area contributed by atoms with Crippen LogP contribution < -0.4 is 15.8 Å². The van der Waals surface area contributed by atoms with E-state index in [1.54, 1.807) is 6.20 Å². The van der Waals surface area contributed by atoms with E-state index >= 15 is 0 Å². The number of hydrogen-bond acceptors (Lipinski definition) is 4. The maximum Gasteiger partial charge on any atom is 0.128 e. The third-order valence-corrected chi connectivity index (χ3v) is 3.56. The molecule has 3 rings (SSSR count). The van der Waals surface area contributed by atoms with Crippen LogP contribution in [0.2, 0.25) is 0 Å². The molecule has 19 heavy (non-hydrogen) atoms. The van der Waals surface area contributed by atoms with E-state index in [4.69, 9.17) is 10.5 Å². The van der Waals surface area contributed by atoms with Crippen molar-refractivity contribution in [3.05, 3.63) is 53.7 Å². The van der Waals surface area contributed by atoms with E-state index in [2.05, 4.69) is 16.4 Å². The van der Waals surface area contributed by atoms with Crippen molar-refractivity contribution in [3.8, 4) is 5.75 Å². The second-order valence-electron chi connectivity index (χ2n) is 4.71. The summed E-state index contributed by atoms with van der Waals surface area (Å²) in [5.74, 6) is 1.52. The van der Waals surface area contributed by atoms with Crippen LogP contribution >= 0.6 is 0 Å². The van der Waals surface area contributed by atoms with Gasteiger partial charge < -0.3 is 15.8 Å². The smallest absolute Gasteiger partial charge is 0.128 e. The minimum Gasteiger partial charge on any atom is -0.488 e. The highest BCUT2D eigenvalue weighted by Crippen LogP contribution is 2.34. The summed E-state index contributed by atoms with van der Waals surface area (Å²) in [5, 5.41) is 3.29. The minimum atomic E-state index is 0.0427. The molecule has 2 heterocycles. The van der Waals surface area contributed by atoms with Crippen LogP contribution in [0.1, 0.15) is 17.2 Å². The van der Waals surface area contributed by atoms with Crippen molar-refractivity contribution in [1.29, 1.82) is 0 Å². The zero-order valence-electron chi connectivity index (χ0n) is 10.8. The van der Waals surface area contributed by atoms with Gasteiger partial charge in [-0.3, -0.25) is 0 Å². The molecule has 3 N–H and O–H groups in total. The second-order valence-corrected chi connectivity index (χ2v) is 4.71. The molecule has 0 aliphatic carbocycles. The van der Waals surface area contributed by atoms with Crippen molar-refractivity contribution in [2.24, 2.45) is 0 Å². The molecule has 98 valence electrons. The number of nitrogen functional groups attached to an aromatic ring is 1. The Morgan fingerprint density at radius 1 is 1.32 bits per heavy atom. The van der Waals surface area contributed by atoms with E-state index in [0.717, 1.165) is 17.7 Å². The number of likely N-dealkylation sites (N-methyl/N-ethyl adjacent to an activating group) is 1. The third-order valence-electron chi connectivity index (χ3n) is 3.56. The number of aromatic nitrogens is 1. The number of rotatable bonds is 3. The summed E-state index contributed by atoms with van der Waals surface area (Å²) in [6.07, 6.45) is 2.64. The van der Waals surface area contributed by atoms with Crippen LogP contribution in [0.5, 0.6) is 5.75 Å². The largest absolute Gasteiger partial charge is 0.488 e. The molecule has 2 unspecified atom stereocenters. The van der Waals surface area contributed by atoms with Crippen LogP contribution in [0.3, 0.4) is 0 Å². The number of fused-ring (bicyclic) bond motifs is 1. The first-order valence-corrected chi connectivity index (χ1v) is 6.42. The van der Waals surface area contributed by atoms with E-state index in [1.807, 2.05) is 37.4 Å². The van der Waals surface area contributed by atoms with Gasteiger partial charge in [0, 0.05) is 18.2 Å². The fourth-order valence-electron chi connectivity index (χ4n) is 2.63. The van der Waals surface area contributed by atoms with Gasteiger partial charge in [0.1, 0.15) is 17.7 Å². The number of benzene rings is 1. The summed E-state index contributed by atoms with van der Waals surface area (Å²) in [7, 11) is 1.92. The summed E-state index contributed by atoms with van der Waals surface area (Å²) in [5.41, 5.74) is 8.20. The van der Waals surface area contributed by atoms with Gasteiger partial charge >= 0.3 is 0 Å². The molecule has 0 fully saturated rings. The van der Waals surface area contributed by atoms with Gasteiger partial charge in [0.2, 0.25) is 0 Å². The minimum absolute atomic E-state index is 0.0427. The summed E-state index contributed by atoms with van der Waals surface area (Å²) in [4.78, 5) is 4.15. The SMILES string of the molecule is CNC(c1cccnc1N)C1Cc2ccccc2O1. The number of nitrogens with two attached hydrogens (primary N) is 1. The molecule has 1 aromatic carbocycles. The summed E-state index contributed by atoms with van der Waals surface area (Å²) in [6, 6.07) is 12.1. The Kier molecular flexibility index (Phi) is 3.09. The molecule has 4 heteroatoms. The average Bonchev–Trinajstić information content (AvgIpc) is 2.85. The Balaban J connectivity index is 1.88. The Hall–Kier alpha value is -2.07. The van der Waals surface area contributed by atoms with E-state index < -0.39 is 0 Å². The monoisotopic (exact) mass is 255 g/mol. The Labute approximate surface area is 112 Å². The van der Waals surface area contributed by atoms with Crippen LogP contribution in [0.15, 0.2) is 42.6 Å². The van der Waals surface area contributed by atoms with Gasteiger partial charge in [-0.25, -0.2) is 4.98 Å². The van der Waals surface area contributed by atoms with Gasteiger partial charge in [0.15, 0.2) is 0 Å². The van der Waals surface area contributed by atoms with Crippen LogP contribution in [0, 0.1) is 0 Å². The zero-order chi connectivity index (χ0) is 13.2. The fourth-order valence-corrected chi connectivity index (χ4v) is 2.63. The van der Waals surface area contributed by atoms with Gasteiger partial charge in [-0.15, -0.1) is 0 Å². The maximum atomic E-state index is 6.02. The molecular weight excluding hydrogens is 238 g/mol. The zero-order valence-corrected chi connectivity index (χ0v) is 10.8. The number of ether oxygens (including phenoxy) is 1. The molecule has 0 amide bonds. The molecule has 0 radical (unpaired) electrons. The first kappa shape index (κ1) is 12.0. The summed E-state index contributed by atoms with van der Waals surface area (Å²) < 4.78 is 6.02. The van der Waals surface area contributed by atoms with Gasteiger partial charge in [-0.05, 0) is 24.7 Å². The van der Waals surface area contributed by atoms with Crippen molar-refractivity contribution < 1.29 is 4.74 Å². The van der Waals surface area contributed by atoms with E-state index in [0.29, 0.717) is 5.82 Å². The van der Waals surface area contributed by atoms with Crippen molar-refractivity contribution in [3.63, 3.8) is 0 Å². The molecule has 1 aromatic heterocycles. The van der Waals surface area contributed by atoms with Crippen molar-refractivity contribution in [2.75, 3.05) is 12.8 Å². The van der Waals surface area contributed by atoms with E-state index in [-0.39, 0.29) is 12.1 Å². The molecular formula is C15H17N3O. The molecule has 1 aliphatic heterocycles. The van der Waals surface area contributed by atoms with Crippen LogP contribution in [0.4, 0.5) is 5.82 Å². The highest BCUT2D eigenvalue weighted by molar-refractivity contribution is 5.44. The number of para-hydroxylation sites is 1. The lowest BCUT2D eigenvalue weighted by atomic mass is 9.98. The maximum absolute atomic E-state index is 6.02. The van der Waals surface area contributed by atoms with E-state index in [9.17, 15) is 0 Å². The van der Waals surface area contributed by atoms with Crippen LogP contribution in [-0.2, 0) is 6.42 Å². The topological polar surface area (TPSA) is 60.2 Å². The number of nitrogens with zero attached hydrogens (tertiary/aromatic N) is 1. The number of nitrogens with one attached hydrogen (secondary N) is 1. The fraction of sp³-hybridized carbons (Fsp3) is 0.267.